The van der Waals surface area contributed by atoms with Crippen molar-refractivity contribution in [3.8, 4) is 0 Å². The minimum Gasteiger partial charge on any atom is -0.478 e. The van der Waals surface area contributed by atoms with Gasteiger partial charge >= 0.3 is 5.97 Å². The average Bonchev–Trinajstić information content (AvgIpc) is 2.73. The summed E-state index contributed by atoms with van der Waals surface area (Å²) >= 11 is 0. The molecule has 6 nitrogen and oxygen atoms in total. The molecule has 0 spiro atoms. The van der Waals surface area contributed by atoms with Gasteiger partial charge in [-0.15, -0.1) is 0 Å². The molecule has 0 aliphatic carbocycles. The second-order valence-corrected chi connectivity index (χ2v) is 3.56. The zero-order chi connectivity index (χ0) is 12.3. The molecule has 0 aromatic carbocycles. The zero-order valence-electron chi connectivity index (χ0n) is 9.29. The lowest BCUT2D eigenvalue weighted by Crippen LogP contribution is -2.07. The largest absolute Gasteiger partial charge is 0.478 e. The van der Waals surface area contributed by atoms with Gasteiger partial charge in [-0.25, -0.2) is 4.79 Å². The van der Waals surface area contributed by atoms with Gasteiger partial charge in [-0.2, -0.15) is 5.10 Å². The maximum atomic E-state index is 10.9. The fraction of sp³-hybridized carbons (Fsp3) is 0.182. The van der Waals surface area contributed by atoms with E-state index in [9.17, 15) is 4.79 Å². The van der Waals surface area contributed by atoms with E-state index >= 15 is 0 Å². The Morgan fingerprint density at radius 2 is 2.35 bits per heavy atom. The third-order valence-electron chi connectivity index (χ3n) is 2.28. The number of rotatable bonds is 4. The molecule has 0 unspecified atom stereocenters. The van der Waals surface area contributed by atoms with Crippen molar-refractivity contribution in [2.24, 2.45) is 7.05 Å². The summed E-state index contributed by atoms with van der Waals surface area (Å²) in [5.74, 6) is -0.998. The molecule has 2 rings (SSSR count). The number of aryl methyl sites for hydroxylation is 1. The molecular weight excluding hydrogens is 220 g/mol. The molecule has 0 bridgehead atoms. The van der Waals surface area contributed by atoms with Crippen molar-refractivity contribution in [2.75, 3.05) is 5.32 Å². The van der Waals surface area contributed by atoms with Crippen LogP contribution in [0.5, 0.6) is 0 Å². The van der Waals surface area contributed by atoms with Crippen molar-refractivity contribution in [3.05, 3.63) is 42.0 Å². The van der Waals surface area contributed by atoms with Crippen molar-refractivity contribution in [1.29, 1.82) is 0 Å². The summed E-state index contributed by atoms with van der Waals surface area (Å²) in [5.41, 5.74) is 1.54. The summed E-state index contributed by atoms with van der Waals surface area (Å²) < 4.78 is 1.70. The topological polar surface area (TPSA) is 80.0 Å². The van der Waals surface area contributed by atoms with Gasteiger partial charge < -0.3 is 10.4 Å². The number of hydrogen-bond donors (Lipinski definition) is 2. The summed E-state index contributed by atoms with van der Waals surface area (Å²) in [6, 6.07) is 3.50. The number of nitrogens with zero attached hydrogens (tertiary/aromatic N) is 3. The van der Waals surface area contributed by atoms with Gasteiger partial charge in [0.05, 0.1) is 17.9 Å². The second kappa shape index (κ2) is 4.65. The summed E-state index contributed by atoms with van der Waals surface area (Å²) in [7, 11) is 1.83. The molecule has 2 aromatic rings. The number of nitrogens with one attached hydrogen (secondary N) is 1. The highest BCUT2D eigenvalue weighted by Crippen LogP contribution is 2.14. The Hall–Kier alpha value is -2.37. The first-order chi connectivity index (χ1) is 8.16. The minimum absolute atomic E-state index is 0.156. The lowest BCUT2D eigenvalue weighted by Gasteiger charge is -2.07. The van der Waals surface area contributed by atoms with Crippen LogP contribution >= 0.6 is 0 Å². The lowest BCUT2D eigenvalue weighted by molar-refractivity contribution is 0.0697. The molecule has 0 atom stereocenters. The van der Waals surface area contributed by atoms with E-state index in [0.29, 0.717) is 12.2 Å². The Bertz CT molecular complexity index is 536. The van der Waals surface area contributed by atoms with Crippen LogP contribution in [-0.4, -0.2) is 25.8 Å². The van der Waals surface area contributed by atoms with Crippen LogP contribution in [0.3, 0.4) is 0 Å². The van der Waals surface area contributed by atoms with E-state index in [1.165, 1.54) is 6.20 Å². The lowest BCUT2D eigenvalue weighted by atomic mass is 10.2. The smallest absolute Gasteiger partial charge is 0.339 e. The fourth-order valence-electron chi connectivity index (χ4n) is 1.46. The molecule has 2 heterocycles. The number of carboxylic acids is 1. The summed E-state index contributed by atoms with van der Waals surface area (Å²) in [6.45, 7) is 0.477. The summed E-state index contributed by atoms with van der Waals surface area (Å²) in [5, 5.41) is 16.2. The third kappa shape index (κ3) is 2.60. The predicted octanol–water partition coefficient (Wildman–Crippen LogP) is 1.13. The summed E-state index contributed by atoms with van der Waals surface area (Å²) in [6.07, 6.45) is 4.71. The van der Waals surface area contributed by atoms with Gasteiger partial charge in [0.1, 0.15) is 5.56 Å². The third-order valence-corrected chi connectivity index (χ3v) is 2.28. The number of aromatic carboxylic acids is 1. The molecule has 0 fully saturated rings. The van der Waals surface area contributed by atoms with Crippen LogP contribution in [-0.2, 0) is 13.6 Å². The minimum atomic E-state index is -0.998. The van der Waals surface area contributed by atoms with Crippen LogP contribution < -0.4 is 5.32 Å². The van der Waals surface area contributed by atoms with Crippen LogP contribution in [0, 0.1) is 0 Å². The quantitative estimate of drug-likeness (QED) is 0.825. The van der Waals surface area contributed by atoms with Gasteiger partial charge in [0.15, 0.2) is 0 Å². The number of carboxylic acid groups (broad SMARTS) is 1. The van der Waals surface area contributed by atoms with E-state index in [2.05, 4.69) is 15.4 Å². The average molecular weight is 232 g/mol. The van der Waals surface area contributed by atoms with E-state index in [1.54, 1.807) is 16.9 Å². The van der Waals surface area contributed by atoms with E-state index < -0.39 is 5.97 Å². The fourth-order valence-corrected chi connectivity index (χ4v) is 1.46. The van der Waals surface area contributed by atoms with Crippen LogP contribution in [0.25, 0.3) is 0 Å². The Morgan fingerprint density at radius 1 is 1.53 bits per heavy atom. The van der Waals surface area contributed by atoms with E-state index in [0.717, 1.165) is 5.69 Å². The molecule has 17 heavy (non-hydrogen) atoms. The summed E-state index contributed by atoms with van der Waals surface area (Å²) in [4.78, 5) is 14.7. The first-order valence-electron chi connectivity index (χ1n) is 5.06. The molecule has 0 saturated heterocycles. The van der Waals surface area contributed by atoms with Gasteiger partial charge in [0.2, 0.25) is 0 Å². The molecule has 0 aliphatic rings. The van der Waals surface area contributed by atoms with Crippen LogP contribution in [0.4, 0.5) is 5.69 Å². The molecule has 0 amide bonds. The van der Waals surface area contributed by atoms with Crippen molar-refractivity contribution in [1.82, 2.24) is 14.8 Å². The van der Waals surface area contributed by atoms with Crippen LogP contribution in [0.15, 0.2) is 30.7 Å². The molecule has 0 radical (unpaired) electrons. The molecule has 6 heteroatoms. The van der Waals surface area contributed by atoms with Crippen molar-refractivity contribution in [3.63, 3.8) is 0 Å². The normalized spacial score (nSPS) is 10.2. The van der Waals surface area contributed by atoms with Gasteiger partial charge in [-0.1, -0.05) is 0 Å². The van der Waals surface area contributed by atoms with Crippen LogP contribution in [0.1, 0.15) is 16.1 Å². The molecule has 2 N–H and O–H groups in total. The predicted molar refractivity (Wildman–Crippen MR) is 61.7 cm³/mol. The van der Waals surface area contributed by atoms with Gasteiger partial charge in [-0.3, -0.25) is 9.67 Å². The van der Waals surface area contributed by atoms with Crippen molar-refractivity contribution in [2.45, 2.75) is 6.54 Å². The monoisotopic (exact) mass is 232 g/mol. The zero-order valence-corrected chi connectivity index (χ0v) is 9.29. The highest BCUT2D eigenvalue weighted by Gasteiger charge is 2.09. The number of hydrogen-bond acceptors (Lipinski definition) is 4. The second-order valence-electron chi connectivity index (χ2n) is 3.56. The first kappa shape index (κ1) is 11.1. The van der Waals surface area contributed by atoms with Crippen molar-refractivity contribution < 1.29 is 9.90 Å². The molecule has 88 valence electrons. The maximum Gasteiger partial charge on any atom is 0.339 e. The van der Waals surface area contributed by atoms with Gasteiger partial charge in [0, 0.05) is 25.6 Å². The number of anilines is 1. The molecule has 0 saturated carbocycles. The van der Waals surface area contributed by atoms with E-state index in [4.69, 9.17) is 5.11 Å². The molecular formula is C11H12N4O2. The standard InChI is InChI=1S/C11H12N4O2/c1-15-5-3-8(14-15)6-13-10-2-4-12-7-9(10)11(16)17/h2-5,7H,6H2,1H3,(H,12,13)(H,16,17). The Labute approximate surface area is 97.9 Å². The number of carbonyl (C=O) groups is 1. The number of aromatic nitrogens is 3. The Morgan fingerprint density at radius 3 is 3.00 bits per heavy atom. The first-order valence-corrected chi connectivity index (χ1v) is 5.06. The van der Waals surface area contributed by atoms with Crippen molar-refractivity contribution >= 4 is 11.7 Å². The number of pyridine rings is 1. The Balaban J connectivity index is 2.11. The highest BCUT2D eigenvalue weighted by atomic mass is 16.4. The maximum absolute atomic E-state index is 10.9. The van der Waals surface area contributed by atoms with E-state index in [-0.39, 0.29) is 5.56 Å². The van der Waals surface area contributed by atoms with Crippen LogP contribution in [0.2, 0.25) is 0 Å². The Kier molecular flexibility index (Phi) is 3.04. The van der Waals surface area contributed by atoms with Gasteiger partial charge in [0.25, 0.3) is 0 Å². The van der Waals surface area contributed by atoms with Gasteiger partial charge in [-0.05, 0) is 12.1 Å². The molecule has 2 aromatic heterocycles. The molecule has 0 aliphatic heterocycles. The SMILES string of the molecule is Cn1ccc(CNc2ccncc2C(=O)O)n1. The highest BCUT2D eigenvalue weighted by molar-refractivity contribution is 5.93. The van der Waals surface area contributed by atoms with E-state index in [1.807, 2.05) is 19.3 Å².